The lowest BCUT2D eigenvalue weighted by atomic mass is 9.72. The van der Waals surface area contributed by atoms with Gasteiger partial charge >= 0.3 is 0 Å². The fourth-order valence-corrected chi connectivity index (χ4v) is 3.08. The molecule has 2 fully saturated rings. The van der Waals surface area contributed by atoms with Crippen LogP contribution < -0.4 is 11.1 Å². The van der Waals surface area contributed by atoms with E-state index < -0.39 is 13.0 Å². The number of ether oxygens (including phenoxy) is 1. The number of rotatable bonds is 4. The smallest absolute Gasteiger partial charge is 0.268 e. The molecule has 0 radical (unpaired) electrons. The maximum absolute atomic E-state index is 12.4. The molecule has 1 aliphatic carbocycles. The first-order chi connectivity index (χ1) is 9.58. The molecule has 4 atom stereocenters. The van der Waals surface area contributed by atoms with Gasteiger partial charge in [0.25, 0.3) is 12.3 Å². The highest BCUT2D eigenvalue weighted by molar-refractivity contribution is 5.93. The van der Waals surface area contributed by atoms with Crippen molar-refractivity contribution >= 4 is 5.91 Å². The number of halogens is 2. The number of hydrogen-bond acceptors (Lipinski definition) is 3. The monoisotopic (exact) mass is 285 g/mol. The number of nitrogens with zero attached hydrogens (tertiary/aromatic N) is 1. The second-order valence-electron chi connectivity index (χ2n) is 5.30. The first-order valence-electron chi connectivity index (χ1n) is 6.69. The van der Waals surface area contributed by atoms with E-state index in [-0.39, 0.29) is 29.8 Å². The minimum absolute atomic E-state index is 0.0348. The summed E-state index contributed by atoms with van der Waals surface area (Å²) in [6, 6.07) is 2.75. The van der Waals surface area contributed by atoms with Gasteiger partial charge in [0.15, 0.2) is 0 Å². The van der Waals surface area contributed by atoms with Crippen molar-refractivity contribution < 1.29 is 18.3 Å². The number of amides is 1. The second kappa shape index (κ2) is 5.14. The molecule has 1 amide bonds. The van der Waals surface area contributed by atoms with E-state index in [1.54, 1.807) is 6.07 Å². The number of alkyl halides is 2. The van der Waals surface area contributed by atoms with Gasteiger partial charge in [0.2, 0.25) is 0 Å². The maximum atomic E-state index is 12.4. The van der Waals surface area contributed by atoms with Crippen LogP contribution in [0, 0.1) is 5.92 Å². The Morgan fingerprint density at radius 2 is 2.40 bits per heavy atom. The Labute approximate surface area is 115 Å². The lowest BCUT2D eigenvalue weighted by Crippen LogP contribution is -2.69. The summed E-state index contributed by atoms with van der Waals surface area (Å²) in [6.07, 6.45) is -0.147. The van der Waals surface area contributed by atoms with E-state index in [0.717, 1.165) is 6.42 Å². The van der Waals surface area contributed by atoms with Gasteiger partial charge in [0.1, 0.15) is 5.69 Å². The quantitative estimate of drug-likeness (QED) is 0.851. The fourth-order valence-electron chi connectivity index (χ4n) is 3.08. The molecule has 3 rings (SSSR count). The molecule has 20 heavy (non-hydrogen) atoms. The zero-order valence-electron chi connectivity index (χ0n) is 10.8. The van der Waals surface area contributed by atoms with Gasteiger partial charge in [-0.2, -0.15) is 0 Å². The Morgan fingerprint density at radius 3 is 3.15 bits per heavy atom. The van der Waals surface area contributed by atoms with Crippen molar-refractivity contribution in [1.82, 2.24) is 9.88 Å². The van der Waals surface area contributed by atoms with E-state index in [2.05, 4.69) is 5.32 Å². The number of hydrogen-bond donors (Lipinski definition) is 2. The van der Waals surface area contributed by atoms with Crippen LogP contribution in [0.15, 0.2) is 18.3 Å². The summed E-state index contributed by atoms with van der Waals surface area (Å²) >= 11 is 0. The molecule has 4 unspecified atom stereocenters. The molecule has 1 saturated carbocycles. The summed E-state index contributed by atoms with van der Waals surface area (Å²) in [4.78, 5) is 12.2. The van der Waals surface area contributed by atoms with Gasteiger partial charge < -0.3 is 20.4 Å². The molecule has 1 saturated heterocycles. The molecule has 2 heterocycles. The topological polar surface area (TPSA) is 69.3 Å². The van der Waals surface area contributed by atoms with Gasteiger partial charge in [-0.15, -0.1) is 0 Å². The predicted molar refractivity (Wildman–Crippen MR) is 67.5 cm³/mol. The van der Waals surface area contributed by atoms with Crippen LogP contribution in [0.2, 0.25) is 0 Å². The zero-order valence-corrected chi connectivity index (χ0v) is 10.8. The second-order valence-corrected chi connectivity index (χ2v) is 5.30. The van der Waals surface area contributed by atoms with Gasteiger partial charge in [0.05, 0.1) is 18.7 Å². The summed E-state index contributed by atoms with van der Waals surface area (Å²) in [5.41, 5.74) is 6.23. The van der Waals surface area contributed by atoms with Crippen LogP contribution in [-0.4, -0.2) is 41.7 Å². The molecule has 1 aliphatic heterocycles. The number of fused-ring (bicyclic) bond motifs is 1. The molecule has 7 heteroatoms. The van der Waals surface area contributed by atoms with Crippen LogP contribution in [0.25, 0.3) is 0 Å². The first kappa shape index (κ1) is 13.5. The van der Waals surface area contributed by atoms with Crippen LogP contribution in [0.3, 0.4) is 0 Å². The van der Waals surface area contributed by atoms with E-state index >= 15 is 0 Å². The fraction of sp³-hybridized carbons (Fsp3) is 0.615. The largest absolute Gasteiger partial charge is 0.376 e. The summed E-state index contributed by atoms with van der Waals surface area (Å²) in [5, 5.41) is 2.80. The van der Waals surface area contributed by atoms with E-state index in [1.165, 1.54) is 16.8 Å². The van der Waals surface area contributed by atoms with Gasteiger partial charge in [0, 0.05) is 24.8 Å². The van der Waals surface area contributed by atoms with Gasteiger partial charge in [-0.3, -0.25) is 4.79 Å². The normalized spacial score (nSPS) is 32.0. The third-order valence-electron chi connectivity index (χ3n) is 4.14. The highest BCUT2D eigenvalue weighted by atomic mass is 19.3. The zero-order chi connectivity index (χ0) is 14.3. The Hall–Kier alpha value is -1.47. The number of nitrogens with two attached hydrogens (primary N) is 1. The van der Waals surface area contributed by atoms with Crippen molar-refractivity contribution in [3.05, 3.63) is 24.0 Å². The highest BCUT2D eigenvalue weighted by Gasteiger charge is 2.52. The van der Waals surface area contributed by atoms with E-state index in [1.807, 2.05) is 0 Å². The van der Waals surface area contributed by atoms with Crippen molar-refractivity contribution in [3.8, 4) is 0 Å². The number of nitrogens with one attached hydrogen (secondary N) is 1. The summed E-state index contributed by atoms with van der Waals surface area (Å²) in [7, 11) is 0. The molecule has 0 spiro atoms. The molecule has 2 aliphatic rings. The van der Waals surface area contributed by atoms with Gasteiger partial charge in [-0.1, -0.05) is 0 Å². The summed E-state index contributed by atoms with van der Waals surface area (Å²) in [5.74, 6) is -0.0850. The minimum atomic E-state index is -2.50. The standard InChI is InChI=1S/C13H17F2N3O2/c14-9(15)6-18-4-1-2-8(18)13(19)17-11-10(16)7-3-5-20-12(7)11/h1-2,4,7,9-12H,3,5-6,16H2,(H,17,19). The van der Waals surface area contributed by atoms with E-state index in [0.29, 0.717) is 12.5 Å². The van der Waals surface area contributed by atoms with Crippen molar-refractivity contribution in [2.24, 2.45) is 11.7 Å². The predicted octanol–water partition coefficient (Wildman–Crippen LogP) is 0.598. The molecule has 110 valence electrons. The average Bonchev–Trinajstić information content (AvgIpc) is 3.01. The Bertz CT molecular complexity index is 506. The average molecular weight is 285 g/mol. The summed E-state index contributed by atoms with van der Waals surface area (Å²) in [6.45, 7) is 0.173. The third kappa shape index (κ3) is 2.20. The maximum Gasteiger partial charge on any atom is 0.268 e. The highest BCUT2D eigenvalue weighted by Crippen LogP contribution is 2.37. The molecule has 1 aromatic rings. The third-order valence-corrected chi connectivity index (χ3v) is 4.14. The number of aromatic nitrogens is 1. The van der Waals surface area contributed by atoms with Crippen LogP contribution in [0.1, 0.15) is 16.9 Å². The van der Waals surface area contributed by atoms with Crippen molar-refractivity contribution in [2.45, 2.75) is 37.6 Å². The van der Waals surface area contributed by atoms with Crippen LogP contribution in [0.4, 0.5) is 8.78 Å². The number of carbonyl (C=O) groups excluding carboxylic acids is 1. The Kier molecular flexibility index (Phi) is 3.47. The molecular weight excluding hydrogens is 268 g/mol. The molecular formula is C13H17F2N3O2. The van der Waals surface area contributed by atoms with Crippen molar-refractivity contribution in [3.63, 3.8) is 0 Å². The van der Waals surface area contributed by atoms with Crippen LogP contribution in [0.5, 0.6) is 0 Å². The van der Waals surface area contributed by atoms with Gasteiger partial charge in [-0.05, 0) is 18.6 Å². The lowest BCUT2D eigenvalue weighted by molar-refractivity contribution is -0.0162. The minimum Gasteiger partial charge on any atom is -0.376 e. The molecule has 3 N–H and O–H groups in total. The first-order valence-corrected chi connectivity index (χ1v) is 6.69. The molecule has 1 aromatic heterocycles. The molecule has 5 nitrogen and oxygen atoms in total. The molecule has 0 bridgehead atoms. The SMILES string of the molecule is NC1C2CCOC2C1NC(=O)c1cccn1CC(F)F. The van der Waals surface area contributed by atoms with E-state index in [4.69, 9.17) is 10.5 Å². The Balaban J connectivity index is 1.66. The van der Waals surface area contributed by atoms with Crippen molar-refractivity contribution in [1.29, 1.82) is 0 Å². The van der Waals surface area contributed by atoms with Gasteiger partial charge in [-0.25, -0.2) is 8.78 Å². The van der Waals surface area contributed by atoms with E-state index in [9.17, 15) is 13.6 Å². The number of carbonyl (C=O) groups is 1. The van der Waals surface area contributed by atoms with Crippen molar-refractivity contribution in [2.75, 3.05) is 6.61 Å². The van der Waals surface area contributed by atoms with Crippen LogP contribution >= 0.6 is 0 Å². The Morgan fingerprint density at radius 1 is 1.60 bits per heavy atom. The summed E-state index contributed by atoms with van der Waals surface area (Å²) < 4.78 is 31.6. The molecule has 0 aromatic carbocycles. The van der Waals surface area contributed by atoms with Crippen LogP contribution in [-0.2, 0) is 11.3 Å². The lowest BCUT2D eigenvalue weighted by Gasteiger charge is -2.45.